The minimum absolute atomic E-state index is 0.00449. The van der Waals surface area contributed by atoms with Crippen LogP contribution in [0.4, 0.5) is 17.1 Å². The van der Waals surface area contributed by atoms with Gasteiger partial charge in [-0.1, -0.05) is 17.7 Å². The van der Waals surface area contributed by atoms with Crippen LogP contribution in [-0.4, -0.2) is 72.9 Å². The number of hydrogen-bond acceptors (Lipinski definition) is 6. The van der Waals surface area contributed by atoms with Crippen molar-refractivity contribution in [1.29, 1.82) is 0 Å². The highest BCUT2D eigenvalue weighted by Gasteiger charge is 2.22. The monoisotopic (exact) mass is 425 g/mol. The Morgan fingerprint density at radius 3 is 2.23 bits per heavy atom. The zero-order chi connectivity index (χ0) is 22.4. The summed E-state index contributed by atoms with van der Waals surface area (Å²) in [6, 6.07) is 14.0. The molecule has 9 nitrogen and oxygen atoms in total. The van der Waals surface area contributed by atoms with E-state index in [1.54, 1.807) is 19.2 Å². The van der Waals surface area contributed by atoms with Crippen LogP contribution in [0.25, 0.3) is 0 Å². The molecule has 0 aliphatic carbocycles. The molecule has 0 spiro atoms. The Hall–Kier alpha value is -3.46. The zero-order valence-electron chi connectivity index (χ0n) is 17.8. The fraction of sp³-hybridized carbons (Fsp3) is 0.364. The minimum atomic E-state index is -0.412. The molecule has 0 radical (unpaired) electrons. The third kappa shape index (κ3) is 6.26. The maximum atomic E-state index is 12.5. The Balaban J connectivity index is 1.43. The maximum Gasteiger partial charge on any atom is 0.269 e. The summed E-state index contributed by atoms with van der Waals surface area (Å²) in [6.45, 7) is 5.07. The number of amides is 2. The lowest BCUT2D eigenvalue weighted by atomic mass is 10.2. The first kappa shape index (κ1) is 22.2. The Kier molecular flexibility index (Phi) is 7.19. The predicted molar refractivity (Wildman–Crippen MR) is 119 cm³/mol. The van der Waals surface area contributed by atoms with Crippen LogP contribution in [0, 0.1) is 17.0 Å². The van der Waals surface area contributed by atoms with Gasteiger partial charge in [0.1, 0.15) is 0 Å². The molecule has 0 atom stereocenters. The number of rotatable bonds is 7. The number of benzene rings is 2. The predicted octanol–water partition coefficient (Wildman–Crippen LogP) is 2.12. The van der Waals surface area contributed by atoms with Crippen molar-refractivity contribution >= 4 is 28.9 Å². The Morgan fingerprint density at radius 2 is 1.65 bits per heavy atom. The molecule has 0 unspecified atom stereocenters. The van der Waals surface area contributed by atoms with Gasteiger partial charge in [0.25, 0.3) is 5.69 Å². The number of nitrogens with zero attached hydrogens (tertiary/aromatic N) is 4. The van der Waals surface area contributed by atoms with Gasteiger partial charge in [0, 0.05) is 56.7 Å². The number of carbonyl (C=O) groups is 2. The Bertz CT molecular complexity index is 922. The average Bonchev–Trinajstić information content (AvgIpc) is 2.76. The summed E-state index contributed by atoms with van der Waals surface area (Å²) < 4.78 is 0. The van der Waals surface area contributed by atoms with E-state index in [2.05, 4.69) is 15.1 Å². The average molecular weight is 425 g/mol. The number of hydrogen-bond donors (Lipinski definition) is 1. The Morgan fingerprint density at radius 1 is 1.03 bits per heavy atom. The van der Waals surface area contributed by atoms with E-state index in [0.717, 1.165) is 24.3 Å². The lowest BCUT2D eigenvalue weighted by Crippen LogP contribution is -2.50. The van der Waals surface area contributed by atoms with Crippen LogP contribution in [0.1, 0.15) is 5.56 Å². The maximum absolute atomic E-state index is 12.5. The van der Waals surface area contributed by atoms with Crippen molar-refractivity contribution < 1.29 is 14.5 Å². The van der Waals surface area contributed by atoms with Crippen LogP contribution in [0.3, 0.4) is 0 Å². The van der Waals surface area contributed by atoms with Crippen LogP contribution in [0.2, 0.25) is 0 Å². The molecular formula is C22H27N5O4. The zero-order valence-corrected chi connectivity index (χ0v) is 17.8. The van der Waals surface area contributed by atoms with E-state index in [1.165, 1.54) is 17.0 Å². The summed E-state index contributed by atoms with van der Waals surface area (Å²) in [7, 11) is 1.63. The van der Waals surface area contributed by atoms with Gasteiger partial charge in [-0.25, -0.2) is 0 Å². The van der Waals surface area contributed by atoms with Crippen LogP contribution in [0.15, 0.2) is 48.5 Å². The summed E-state index contributed by atoms with van der Waals surface area (Å²) >= 11 is 0. The topological polar surface area (TPSA) is 99.0 Å². The fourth-order valence-electron chi connectivity index (χ4n) is 3.40. The molecule has 1 fully saturated rings. The van der Waals surface area contributed by atoms with Crippen LogP contribution in [0.5, 0.6) is 0 Å². The van der Waals surface area contributed by atoms with E-state index in [1.807, 2.05) is 31.2 Å². The molecule has 9 heteroatoms. The quantitative estimate of drug-likeness (QED) is 0.539. The highest BCUT2D eigenvalue weighted by molar-refractivity contribution is 5.94. The molecule has 0 saturated carbocycles. The first-order valence-electron chi connectivity index (χ1n) is 10.1. The molecule has 2 amide bonds. The first-order chi connectivity index (χ1) is 14.8. The SMILES string of the molecule is Cc1ccc(NC(=O)CN(C)C(=O)CN2CCN(c3ccc([N+](=O)[O-])cc3)CC2)cc1. The first-order valence-corrected chi connectivity index (χ1v) is 10.1. The van der Waals surface area contributed by atoms with E-state index < -0.39 is 4.92 Å². The van der Waals surface area contributed by atoms with Crippen molar-refractivity contribution in [2.24, 2.45) is 0 Å². The molecule has 31 heavy (non-hydrogen) atoms. The number of nitro groups is 1. The molecule has 164 valence electrons. The van der Waals surface area contributed by atoms with Crippen molar-refractivity contribution in [3.8, 4) is 0 Å². The summed E-state index contributed by atoms with van der Waals surface area (Å²) in [4.78, 5) is 40.7. The highest BCUT2D eigenvalue weighted by Crippen LogP contribution is 2.20. The number of non-ortho nitro benzene ring substituents is 1. The highest BCUT2D eigenvalue weighted by atomic mass is 16.6. The summed E-state index contributed by atoms with van der Waals surface area (Å²) in [5, 5.41) is 13.6. The minimum Gasteiger partial charge on any atom is -0.369 e. The van der Waals surface area contributed by atoms with E-state index in [0.29, 0.717) is 18.8 Å². The van der Waals surface area contributed by atoms with Gasteiger partial charge in [0.15, 0.2) is 0 Å². The van der Waals surface area contributed by atoms with Gasteiger partial charge in [-0.15, -0.1) is 0 Å². The molecule has 2 aromatic carbocycles. The number of piperazine rings is 1. The summed E-state index contributed by atoms with van der Waals surface area (Å²) in [6.07, 6.45) is 0. The van der Waals surface area contributed by atoms with Gasteiger partial charge < -0.3 is 15.1 Å². The van der Waals surface area contributed by atoms with Crippen molar-refractivity contribution in [3.63, 3.8) is 0 Å². The molecule has 2 aromatic rings. The van der Waals surface area contributed by atoms with E-state index in [-0.39, 0.29) is 30.6 Å². The molecule has 0 aromatic heterocycles. The van der Waals surface area contributed by atoms with Crippen LogP contribution >= 0.6 is 0 Å². The molecule has 1 N–H and O–H groups in total. The standard InChI is InChI=1S/C22H27N5O4/c1-17-3-5-18(6-4-17)23-21(28)15-24(2)22(29)16-25-11-13-26(14-12-25)19-7-9-20(10-8-19)27(30)31/h3-10H,11-16H2,1-2H3,(H,23,28). The van der Waals surface area contributed by atoms with Crippen molar-refractivity contribution in [2.75, 3.05) is 56.5 Å². The molecular weight excluding hydrogens is 398 g/mol. The van der Waals surface area contributed by atoms with Crippen molar-refractivity contribution in [1.82, 2.24) is 9.80 Å². The van der Waals surface area contributed by atoms with Gasteiger partial charge in [0.2, 0.25) is 11.8 Å². The van der Waals surface area contributed by atoms with E-state index in [4.69, 9.17) is 0 Å². The summed E-state index contributed by atoms with van der Waals surface area (Å²) in [5.41, 5.74) is 2.82. The smallest absolute Gasteiger partial charge is 0.269 e. The molecule has 0 bridgehead atoms. The van der Waals surface area contributed by atoms with Gasteiger partial charge in [-0.05, 0) is 31.2 Å². The summed E-state index contributed by atoms with van der Waals surface area (Å²) in [5.74, 6) is -0.342. The fourth-order valence-corrected chi connectivity index (χ4v) is 3.40. The lowest BCUT2D eigenvalue weighted by Gasteiger charge is -2.36. The van der Waals surface area contributed by atoms with E-state index in [9.17, 15) is 19.7 Å². The molecule has 1 heterocycles. The number of nitro benzene ring substituents is 1. The Labute approximate surface area is 181 Å². The van der Waals surface area contributed by atoms with Gasteiger partial charge >= 0.3 is 0 Å². The second-order valence-corrected chi connectivity index (χ2v) is 7.70. The van der Waals surface area contributed by atoms with Crippen LogP contribution in [-0.2, 0) is 9.59 Å². The number of anilines is 2. The van der Waals surface area contributed by atoms with Gasteiger partial charge in [-0.2, -0.15) is 0 Å². The van der Waals surface area contributed by atoms with Crippen LogP contribution < -0.4 is 10.2 Å². The second kappa shape index (κ2) is 10.0. The molecule has 1 aliphatic heterocycles. The number of likely N-dealkylation sites (N-methyl/N-ethyl adjacent to an activating group) is 1. The third-order valence-corrected chi connectivity index (χ3v) is 5.30. The van der Waals surface area contributed by atoms with E-state index >= 15 is 0 Å². The van der Waals surface area contributed by atoms with Crippen molar-refractivity contribution in [3.05, 3.63) is 64.2 Å². The molecule has 3 rings (SSSR count). The lowest BCUT2D eigenvalue weighted by molar-refractivity contribution is -0.384. The third-order valence-electron chi connectivity index (χ3n) is 5.30. The number of nitrogens with one attached hydrogen (secondary N) is 1. The molecule has 1 saturated heterocycles. The molecule has 1 aliphatic rings. The largest absolute Gasteiger partial charge is 0.369 e. The van der Waals surface area contributed by atoms with Gasteiger partial charge in [-0.3, -0.25) is 24.6 Å². The van der Waals surface area contributed by atoms with Crippen molar-refractivity contribution in [2.45, 2.75) is 6.92 Å². The van der Waals surface area contributed by atoms with Gasteiger partial charge in [0.05, 0.1) is 18.0 Å². The number of carbonyl (C=O) groups excluding carboxylic acids is 2. The second-order valence-electron chi connectivity index (χ2n) is 7.70. The normalized spacial score (nSPS) is 14.2. The number of aryl methyl sites for hydroxylation is 1.